The third-order valence-corrected chi connectivity index (χ3v) is 15.1. The van der Waals surface area contributed by atoms with Gasteiger partial charge in [-0.2, -0.15) is 0 Å². The lowest BCUT2D eigenvalue weighted by molar-refractivity contribution is 0.296. The fourth-order valence-corrected chi connectivity index (χ4v) is 9.85. The van der Waals surface area contributed by atoms with Crippen LogP contribution in [0.5, 0.6) is 23.0 Å². The van der Waals surface area contributed by atoms with Gasteiger partial charge in [-0.25, -0.2) is 0 Å². The zero-order chi connectivity index (χ0) is 57.3. The third-order valence-electron chi connectivity index (χ3n) is 15.1. The predicted molar refractivity (Wildman–Crippen MR) is 359 cm³/mol. The molecule has 0 amide bonds. The van der Waals surface area contributed by atoms with Gasteiger partial charge in [0.2, 0.25) is 0 Å². The Morgan fingerprint density at radius 1 is 0.220 bits per heavy atom. The minimum Gasteiger partial charge on any atom is -0.494 e. The Morgan fingerprint density at radius 3 is 0.671 bits per heavy atom. The van der Waals surface area contributed by atoms with E-state index in [0.29, 0.717) is 0 Å². The van der Waals surface area contributed by atoms with Crippen LogP contribution in [0.3, 0.4) is 0 Å². The SMILES string of the molecule is CCCCCCCCOc1ccc(OCCCCCCCC)c(/C=C/c2ccc(/C=C/c3ccc(/C=C/c4ccc(/C=C/c5ccc(/C=C/c6cc(OCCCCCCCC)ccc6OCCCCCCCC)cc5)cc4)cc3)cc2)c1. The third kappa shape index (κ3) is 26.4. The maximum atomic E-state index is 6.34. The summed E-state index contributed by atoms with van der Waals surface area (Å²) in [4.78, 5) is 0. The summed E-state index contributed by atoms with van der Waals surface area (Å²) in [6.07, 6.45) is 51.8. The number of rotatable bonds is 42. The van der Waals surface area contributed by atoms with Crippen molar-refractivity contribution in [1.29, 1.82) is 0 Å². The molecule has 0 atom stereocenters. The number of unbranched alkanes of at least 4 members (excludes halogenated alkanes) is 20. The van der Waals surface area contributed by atoms with Crippen LogP contribution in [0.15, 0.2) is 133 Å². The van der Waals surface area contributed by atoms with E-state index in [9.17, 15) is 0 Å². The van der Waals surface area contributed by atoms with E-state index in [0.717, 1.165) is 108 Å². The summed E-state index contributed by atoms with van der Waals surface area (Å²) >= 11 is 0. The first-order valence-electron chi connectivity index (χ1n) is 32.1. The lowest BCUT2D eigenvalue weighted by atomic mass is 10.1. The van der Waals surface area contributed by atoms with E-state index in [4.69, 9.17) is 18.9 Å². The Labute approximate surface area is 497 Å². The fraction of sp³-hybridized carbons (Fsp3) is 0.410. The molecule has 0 bridgehead atoms. The van der Waals surface area contributed by atoms with Gasteiger partial charge in [-0.05, 0) is 107 Å². The summed E-state index contributed by atoms with van der Waals surface area (Å²) in [5.74, 6) is 3.65. The van der Waals surface area contributed by atoms with Gasteiger partial charge in [0, 0.05) is 11.1 Å². The zero-order valence-corrected chi connectivity index (χ0v) is 50.9. The molecule has 0 fully saturated rings. The lowest BCUT2D eigenvalue weighted by Gasteiger charge is -2.12. The summed E-state index contributed by atoms with van der Waals surface area (Å²) in [5, 5.41) is 0. The molecule has 0 heterocycles. The Morgan fingerprint density at radius 2 is 0.427 bits per heavy atom. The molecule has 6 rings (SSSR count). The molecule has 6 aromatic rings. The zero-order valence-electron chi connectivity index (χ0n) is 50.9. The van der Waals surface area contributed by atoms with Crippen LogP contribution in [0.1, 0.15) is 237 Å². The van der Waals surface area contributed by atoms with Crippen molar-refractivity contribution in [3.05, 3.63) is 189 Å². The van der Waals surface area contributed by atoms with Crippen LogP contribution in [0, 0.1) is 0 Å². The van der Waals surface area contributed by atoms with Crippen molar-refractivity contribution in [2.75, 3.05) is 26.4 Å². The van der Waals surface area contributed by atoms with Crippen molar-refractivity contribution in [2.45, 2.75) is 182 Å². The molecule has 4 heteroatoms. The van der Waals surface area contributed by atoms with Gasteiger partial charge in [0.1, 0.15) is 23.0 Å². The second kappa shape index (κ2) is 40.4. The Hall–Kier alpha value is -6.78. The molecule has 0 aliphatic rings. The number of benzene rings is 6. The highest BCUT2D eigenvalue weighted by atomic mass is 16.5. The first kappa shape index (κ1) is 64.4. The van der Waals surface area contributed by atoms with Gasteiger partial charge in [-0.1, -0.05) is 314 Å². The molecule has 0 N–H and O–H groups in total. The van der Waals surface area contributed by atoms with Crippen molar-refractivity contribution in [3.8, 4) is 23.0 Å². The maximum absolute atomic E-state index is 6.34. The van der Waals surface area contributed by atoms with Crippen molar-refractivity contribution >= 4 is 60.8 Å². The Bertz CT molecular complexity index is 2580. The minimum absolute atomic E-state index is 0.737. The molecule has 0 aromatic heterocycles. The molecule has 82 heavy (non-hydrogen) atoms. The second-order valence-corrected chi connectivity index (χ2v) is 22.2. The van der Waals surface area contributed by atoms with Crippen molar-refractivity contribution in [2.24, 2.45) is 0 Å². The summed E-state index contributed by atoms with van der Waals surface area (Å²) < 4.78 is 25.1. The molecule has 0 aliphatic heterocycles. The highest BCUT2D eigenvalue weighted by Gasteiger charge is 2.08. The quantitative estimate of drug-likeness (QED) is 0.0283. The van der Waals surface area contributed by atoms with Gasteiger partial charge >= 0.3 is 0 Å². The largest absolute Gasteiger partial charge is 0.494 e. The maximum Gasteiger partial charge on any atom is 0.126 e. The van der Waals surface area contributed by atoms with E-state index in [1.807, 2.05) is 0 Å². The summed E-state index contributed by atoms with van der Waals surface area (Å²) in [6, 6.07) is 47.4. The van der Waals surface area contributed by atoms with Gasteiger partial charge in [-0.15, -0.1) is 0 Å². The van der Waals surface area contributed by atoms with Crippen molar-refractivity contribution in [1.82, 2.24) is 0 Å². The van der Waals surface area contributed by atoms with Crippen LogP contribution in [0.2, 0.25) is 0 Å². The molecule has 0 aliphatic carbocycles. The van der Waals surface area contributed by atoms with E-state index < -0.39 is 0 Å². The smallest absolute Gasteiger partial charge is 0.126 e. The van der Waals surface area contributed by atoms with Crippen LogP contribution in [0.25, 0.3) is 60.8 Å². The predicted octanol–water partition coefficient (Wildman–Crippen LogP) is 23.5. The van der Waals surface area contributed by atoms with E-state index in [-0.39, 0.29) is 0 Å². The normalized spacial score (nSPS) is 11.8. The molecular formula is C78H100O4. The highest BCUT2D eigenvalue weighted by Crippen LogP contribution is 2.30. The average molecular weight is 1100 g/mol. The van der Waals surface area contributed by atoms with Gasteiger partial charge in [-0.3, -0.25) is 0 Å². The van der Waals surface area contributed by atoms with E-state index in [2.05, 4.69) is 222 Å². The fourth-order valence-electron chi connectivity index (χ4n) is 9.85. The van der Waals surface area contributed by atoms with Gasteiger partial charge in [0.05, 0.1) is 26.4 Å². The summed E-state index contributed by atoms with van der Waals surface area (Å²) in [7, 11) is 0. The van der Waals surface area contributed by atoms with Crippen molar-refractivity contribution < 1.29 is 18.9 Å². The van der Waals surface area contributed by atoms with Crippen molar-refractivity contribution in [3.63, 3.8) is 0 Å². The number of ether oxygens (including phenoxy) is 4. The van der Waals surface area contributed by atoms with E-state index in [1.165, 1.54) is 151 Å². The first-order valence-corrected chi connectivity index (χ1v) is 32.1. The molecule has 4 nitrogen and oxygen atoms in total. The van der Waals surface area contributed by atoms with Gasteiger partial charge in [0.25, 0.3) is 0 Å². The summed E-state index contributed by atoms with van der Waals surface area (Å²) in [6.45, 7) is 12.0. The van der Waals surface area contributed by atoms with E-state index >= 15 is 0 Å². The molecular weight excluding hydrogens is 1000 g/mol. The van der Waals surface area contributed by atoms with Gasteiger partial charge < -0.3 is 18.9 Å². The second-order valence-electron chi connectivity index (χ2n) is 22.2. The molecule has 0 radical (unpaired) electrons. The minimum atomic E-state index is 0.737. The molecule has 436 valence electrons. The summed E-state index contributed by atoms with van der Waals surface area (Å²) in [5.41, 5.74) is 11.4. The van der Waals surface area contributed by atoms with Crippen LogP contribution in [0.4, 0.5) is 0 Å². The molecule has 6 aromatic carbocycles. The van der Waals surface area contributed by atoms with Crippen LogP contribution < -0.4 is 18.9 Å². The van der Waals surface area contributed by atoms with Crippen LogP contribution >= 0.6 is 0 Å². The molecule has 0 unspecified atom stereocenters. The van der Waals surface area contributed by atoms with Gasteiger partial charge in [0.15, 0.2) is 0 Å². The van der Waals surface area contributed by atoms with E-state index in [1.54, 1.807) is 0 Å². The number of hydrogen-bond acceptors (Lipinski definition) is 4. The topological polar surface area (TPSA) is 36.9 Å². The first-order chi connectivity index (χ1) is 40.5. The average Bonchev–Trinajstić information content (AvgIpc) is 3.54. The lowest BCUT2D eigenvalue weighted by Crippen LogP contribution is -2.01. The Kier molecular flexibility index (Phi) is 31.7. The molecule has 0 spiro atoms. The monoisotopic (exact) mass is 1100 g/mol. The highest BCUT2D eigenvalue weighted by molar-refractivity contribution is 5.78. The molecule has 0 saturated heterocycles. The van der Waals surface area contributed by atoms with Crippen LogP contribution in [-0.2, 0) is 0 Å². The molecule has 0 saturated carbocycles. The Balaban J connectivity index is 0.967. The van der Waals surface area contributed by atoms with Crippen LogP contribution in [-0.4, -0.2) is 26.4 Å². The standard InChI is InChI=1S/C78H100O4/c1-5-9-13-17-21-25-59-79-75-55-57-77(81-61-27-23-19-15-11-7-3)73(63-75)53-51-71-47-43-69(44-48-71)41-39-67-35-31-65(32-36-67)29-30-66-33-37-68(38-34-66)40-42-70-45-49-72(50-46-70)52-54-74-64-76(80-60-26-22-18-14-10-6-2)56-58-78(74)82-62-28-24-20-16-12-8-4/h29-58,63-64H,5-28,59-62H2,1-4H3/b30-29+,41-39+,42-40+,53-51+,54-52+. The number of hydrogen-bond donors (Lipinski definition) is 0.